The average Bonchev–Trinajstić information content (AvgIpc) is 2.96. The van der Waals surface area contributed by atoms with Crippen LogP contribution < -0.4 is 5.56 Å². The van der Waals surface area contributed by atoms with E-state index in [1.807, 2.05) is 24.8 Å². The van der Waals surface area contributed by atoms with Gasteiger partial charge in [0.2, 0.25) is 0 Å². The summed E-state index contributed by atoms with van der Waals surface area (Å²) in [4.78, 5) is 42.5. The Labute approximate surface area is 160 Å². The molecule has 0 saturated carbocycles. The second-order valence-corrected chi connectivity index (χ2v) is 7.96. The number of amides is 1. The van der Waals surface area contributed by atoms with E-state index in [-0.39, 0.29) is 11.5 Å². The summed E-state index contributed by atoms with van der Waals surface area (Å²) < 4.78 is 0. The fraction of sp³-hybridized carbons (Fsp3) is 0.368. The Morgan fingerprint density at radius 3 is 2.70 bits per heavy atom. The Bertz CT molecular complexity index is 1040. The highest BCUT2D eigenvalue weighted by molar-refractivity contribution is 7.18. The molecule has 1 amide bonds. The first kappa shape index (κ1) is 17.8. The maximum absolute atomic E-state index is 12.5. The van der Waals surface area contributed by atoms with Crippen LogP contribution in [-0.2, 0) is 6.54 Å². The molecule has 7 nitrogen and oxygen atoms in total. The van der Waals surface area contributed by atoms with Gasteiger partial charge in [-0.3, -0.25) is 19.5 Å². The van der Waals surface area contributed by atoms with Gasteiger partial charge >= 0.3 is 0 Å². The number of nitrogens with one attached hydrogen (secondary N) is 1. The zero-order valence-corrected chi connectivity index (χ0v) is 16.2. The highest BCUT2D eigenvalue weighted by atomic mass is 32.1. The molecule has 3 aromatic rings. The van der Waals surface area contributed by atoms with Crippen LogP contribution in [0.1, 0.15) is 26.8 Å². The second-order valence-electron chi connectivity index (χ2n) is 6.76. The zero-order chi connectivity index (χ0) is 19.0. The van der Waals surface area contributed by atoms with E-state index in [0.717, 1.165) is 28.4 Å². The SMILES string of the molecule is Cc1sc2nc(CN3CCN(C(=O)c4ccccn4)CC3)[nH]c(=O)c2c1C. The van der Waals surface area contributed by atoms with Crippen LogP contribution in [0.25, 0.3) is 10.2 Å². The molecule has 3 aromatic heterocycles. The van der Waals surface area contributed by atoms with Gasteiger partial charge in [0.25, 0.3) is 11.5 Å². The number of fused-ring (bicyclic) bond motifs is 1. The van der Waals surface area contributed by atoms with E-state index >= 15 is 0 Å². The van der Waals surface area contributed by atoms with E-state index in [4.69, 9.17) is 0 Å². The summed E-state index contributed by atoms with van der Waals surface area (Å²) in [6.45, 7) is 7.30. The number of carbonyl (C=O) groups is 1. The van der Waals surface area contributed by atoms with Crippen molar-refractivity contribution in [2.75, 3.05) is 26.2 Å². The van der Waals surface area contributed by atoms with Crippen molar-refractivity contribution < 1.29 is 4.79 Å². The van der Waals surface area contributed by atoms with Gasteiger partial charge in [0, 0.05) is 37.3 Å². The lowest BCUT2D eigenvalue weighted by molar-refractivity contribution is 0.0620. The summed E-state index contributed by atoms with van der Waals surface area (Å²) in [6.07, 6.45) is 1.63. The standard InChI is InChI=1S/C19H21N5O2S/c1-12-13(2)27-18-16(12)17(25)21-15(22-18)11-23-7-9-24(10-8-23)19(26)14-5-3-4-6-20-14/h3-6H,7-11H2,1-2H3,(H,21,22,25). The van der Waals surface area contributed by atoms with Crippen molar-refractivity contribution in [3.63, 3.8) is 0 Å². The summed E-state index contributed by atoms with van der Waals surface area (Å²) >= 11 is 1.56. The van der Waals surface area contributed by atoms with Crippen molar-refractivity contribution in [1.29, 1.82) is 0 Å². The van der Waals surface area contributed by atoms with Crippen LogP contribution in [0.4, 0.5) is 0 Å². The van der Waals surface area contributed by atoms with Crippen LogP contribution in [0.5, 0.6) is 0 Å². The molecule has 0 aliphatic carbocycles. The fourth-order valence-corrected chi connectivity index (χ4v) is 4.40. The summed E-state index contributed by atoms with van der Waals surface area (Å²) in [5.41, 5.74) is 1.42. The number of aromatic amines is 1. The zero-order valence-electron chi connectivity index (χ0n) is 15.4. The molecule has 0 unspecified atom stereocenters. The molecule has 140 valence electrons. The summed E-state index contributed by atoms with van der Waals surface area (Å²) in [6, 6.07) is 5.36. The van der Waals surface area contributed by atoms with Gasteiger partial charge in [0.1, 0.15) is 16.3 Å². The molecular weight excluding hydrogens is 362 g/mol. The lowest BCUT2D eigenvalue weighted by Crippen LogP contribution is -2.48. The number of H-pyrrole nitrogens is 1. The molecular formula is C19H21N5O2S. The number of aromatic nitrogens is 3. The molecule has 0 aromatic carbocycles. The maximum Gasteiger partial charge on any atom is 0.272 e. The maximum atomic E-state index is 12.5. The summed E-state index contributed by atoms with van der Waals surface area (Å²) in [5.74, 6) is 0.644. The van der Waals surface area contributed by atoms with Gasteiger partial charge in [-0.15, -0.1) is 11.3 Å². The molecule has 27 heavy (non-hydrogen) atoms. The van der Waals surface area contributed by atoms with Crippen LogP contribution in [-0.4, -0.2) is 56.8 Å². The minimum Gasteiger partial charge on any atom is -0.335 e. The first-order valence-electron chi connectivity index (χ1n) is 8.94. The highest BCUT2D eigenvalue weighted by Crippen LogP contribution is 2.25. The molecule has 0 spiro atoms. The fourth-order valence-electron chi connectivity index (χ4n) is 3.35. The van der Waals surface area contributed by atoms with Crippen LogP contribution in [0, 0.1) is 13.8 Å². The third-order valence-electron chi connectivity index (χ3n) is 5.01. The predicted octanol–water partition coefficient (Wildman–Crippen LogP) is 1.95. The van der Waals surface area contributed by atoms with E-state index in [2.05, 4.69) is 19.9 Å². The van der Waals surface area contributed by atoms with Crippen molar-refractivity contribution in [3.8, 4) is 0 Å². The first-order chi connectivity index (χ1) is 13.0. The van der Waals surface area contributed by atoms with E-state index in [0.29, 0.717) is 36.5 Å². The third-order valence-corrected chi connectivity index (χ3v) is 6.11. The van der Waals surface area contributed by atoms with Crippen LogP contribution in [0.2, 0.25) is 0 Å². The van der Waals surface area contributed by atoms with Crippen molar-refractivity contribution in [2.24, 2.45) is 0 Å². The monoisotopic (exact) mass is 383 g/mol. The van der Waals surface area contributed by atoms with Crippen molar-refractivity contribution in [2.45, 2.75) is 20.4 Å². The number of piperazine rings is 1. The Morgan fingerprint density at radius 1 is 1.22 bits per heavy atom. The van der Waals surface area contributed by atoms with E-state index in [1.54, 1.807) is 29.7 Å². The molecule has 8 heteroatoms. The minimum atomic E-state index is -0.0687. The van der Waals surface area contributed by atoms with Crippen molar-refractivity contribution in [1.82, 2.24) is 24.8 Å². The topological polar surface area (TPSA) is 82.2 Å². The smallest absolute Gasteiger partial charge is 0.272 e. The Morgan fingerprint density at radius 2 is 2.00 bits per heavy atom. The van der Waals surface area contributed by atoms with Crippen molar-refractivity contribution in [3.05, 3.63) is 56.7 Å². The number of carbonyl (C=O) groups excluding carboxylic acids is 1. The van der Waals surface area contributed by atoms with Gasteiger partial charge in [-0.1, -0.05) is 6.07 Å². The van der Waals surface area contributed by atoms with Gasteiger partial charge in [-0.25, -0.2) is 4.98 Å². The van der Waals surface area contributed by atoms with Gasteiger partial charge in [-0.2, -0.15) is 0 Å². The molecule has 1 fully saturated rings. The molecule has 1 aliphatic rings. The second kappa shape index (κ2) is 7.21. The Kier molecular flexibility index (Phi) is 4.75. The van der Waals surface area contributed by atoms with E-state index in [9.17, 15) is 9.59 Å². The molecule has 1 saturated heterocycles. The highest BCUT2D eigenvalue weighted by Gasteiger charge is 2.23. The first-order valence-corrected chi connectivity index (χ1v) is 9.76. The molecule has 1 aliphatic heterocycles. The molecule has 4 rings (SSSR count). The molecule has 4 heterocycles. The number of hydrogen-bond acceptors (Lipinski definition) is 6. The van der Waals surface area contributed by atoms with E-state index in [1.165, 1.54) is 0 Å². The van der Waals surface area contributed by atoms with Gasteiger partial charge in [0.15, 0.2) is 0 Å². The lowest BCUT2D eigenvalue weighted by Gasteiger charge is -2.34. The average molecular weight is 383 g/mol. The number of aryl methyl sites for hydroxylation is 2. The number of hydrogen-bond donors (Lipinski definition) is 1. The van der Waals surface area contributed by atoms with Crippen LogP contribution in [0.3, 0.4) is 0 Å². The number of thiophene rings is 1. The van der Waals surface area contributed by atoms with Crippen molar-refractivity contribution >= 4 is 27.5 Å². The minimum absolute atomic E-state index is 0.0345. The normalized spacial score (nSPS) is 15.4. The molecule has 0 bridgehead atoms. The number of nitrogens with zero attached hydrogens (tertiary/aromatic N) is 4. The number of rotatable bonds is 3. The third kappa shape index (κ3) is 3.50. The Hall–Kier alpha value is -2.58. The number of pyridine rings is 1. The summed E-state index contributed by atoms with van der Waals surface area (Å²) in [5, 5.41) is 0.701. The largest absolute Gasteiger partial charge is 0.335 e. The summed E-state index contributed by atoms with van der Waals surface area (Å²) in [7, 11) is 0. The van der Waals surface area contributed by atoms with E-state index < -0.39 is 0 Å². The molecule has 1 N–H and O–H groups in total. The van der Waals surface area contributed by atoms with Crippen LogP contribution in [0.15, 0.2) is 29.2 Å². The molecule has 0 atom stereocenters. The van der Waals surface area contributed by atoms with Gasteiger partial charge in [0.05, 0.1) is 11.9 Å². The molecule has 0 radical (unpaired) electrons. The van der Waals surface area contributed by atoms with Gasteiger partial charge in [-0.05, 0) is 31.5 Å². The predicted molar refractivity (Wildman–Crippen MR) is 105 cm³/mol. The van der Waals surface area contributed by atoms with Crippen LogP contribution >= 0.6 is 11.3 Å². The lowest BCUT2D eigenvalue weighted by atomic mass is 10.2. The Balaban J connectivity index is 1.43. The quantitative estimate of drug-likeness (QED) is 0.748. The van der Waals surface area contributed by atoms with Gasteiger partial charge < -0.3 is 9.88 Å².